The molecule has 23 heavy (non-hydrogen) atoms. The molecule has 0 spiro atoms. The number of ether oxygens (including phenoxy) is 1. The molecule has 1 aliphatic rings. The summed E-state index contributed by atoms with van der Waals surface area (Å²) in [7, 11) is 0. The number of carbonyl (C=O) groups excluding carboxylic acids is 1. The zero-order valence-corrected chi connectivity index (χ0v) is 15.2. The highest BCUT2D eigenvalue weighted by Gasteiger charge is 2.25. The molecule has 0 saturated heterocycles. The first-order valence-corrected chi connectivity index (χ1v) is 9.23. The summed E-state index contributed by atoms with van der Waals surface area (Å²) in [5.74, 6) is 0.494. The molecule has 0 aromatic carbocycles. The van der Waals surface area contributed by atoms with Gasteiger partial charge in [-0.15, -0.1) is 0 Å². The Morgan fingerprint density at radius 1 is 1.13 bits per heavy atom. The standard InChI is InChI=1S/C18H36N2O3/c1-18(2,3)23-17(22)20-14-15-10-6-7-11-16(15)19-12-8-4-5-9-13-21/h15-16,19,21H,4-14H2,1-3H3,(H,20,22). The molecule has 0 radical (unpaired) electrons. The fraction of sp³-hybridized carbons (Fsp3) is 0.944. The summed E-state index contributed by atoms with van der Waals surface area (Å²) in [4.78, 5) is 11.8. The third kappa shape index (κ3) is 9.82. The second-order valence-corrected chi connectivity index (χ2v) is 7.63. The van der Waals surface area contributed by atoms with Crippen LogP contribution in [0.3, 0.4) is 0 Å². The van der Waals surface area contributed by atoms with Crippen molar-refractivity contribution < 1.29 is 14.6 Å². The molecule has 0 aromatic heterocycles. The van der Waals surface area contributed by atoms with Gasteiger partial charge >= 0.3 is 6.09 Å². The summed E-state index contributed by atoms with van der Waals surface area (Å²) < 4.78 is 5.31. The topological polar surface area (TPSA) is 70.6 Å². The molecule has 1 rings (SSSR count). The Kier molecular flexibility index (Phi) is 9.56. The van der Waals surface area contributed by atoms with Crippen LogP contribution in [-0.2, 0) is 4.74 Å². The van der Waals surface area contributed by atoms with E-state index >= 15 is 0 Å². The number of amides is 1. The zero-order chi connectivity index (χ0) is 17.1. The largest absolute Gasteiger partial charge is 0.444 e. The minimum absolute atomic E-state index is 0.300. The highest BCUT2D eigenvalue weighted by molar-refractivity contribution is 5.67. The van der Waals surface area contributed by atoms with Crippen molar-refractivity contribution in [3.63, 3.8) is 0 Å². The van der Waals surface area contributed by atoms with Gasteiger partial charge in [0, 0.05) is 19.2 Å². The van der Waals surface area contributed by atoms with Crippen LogP contribution >= 0.6 is 0 Å². The highest BCUT2D eigenvalue weighted by atomic mass is 16.6. The van der Waals surface area contributed by atoms with Gasteiger partial charge in [0.05, 0.1) is 0 Å². The van der Waals surface area contributed by atoms with Gasteiger partial charge in [-0.2, -0.15) is 0 Å². The molecule has 136 valence electrons. The second kappa shape index (κ2) is 10.9. The van der Waals surface area contributed by atoms with Gasteiger partial charge in [-0.25, -0.2) is 4.79 Å². The predicted octanol–water partition coefficient (Wildman–Crippen LogP) is 3.21. The third-order valence-electron chi connectivity index (χ3n) is 4.31. The molecule has 1 amide bonds. The lowest BCUT2D eigenvalue weighted by Crippen LogP contribution is -2.45. The number of rotatable bonds is 9. The van der Waals surface area contributed by atoms with E-state index in [1.807, 2.05) is 20.8 Å². The van der Waals surface area contributed by atoms with Crippen molar-refractivity contribution in [1.82, 2.24) is 10.6 Å². The van der Waals surface area contributed by atoms with E-state index in [4.69, 9.17) is 9.84 Å². The van der Waals surface area contributed by atoms with Gasteiger partial charge in [-0.3, -0.25) is 0 Å². The Hall–Kier alpha value is -0.810. The molecule has 0 heterocycles. The van der Waals surface area contributed by atoms with E-state index in [-0.39, 0.29) is 6.09 Å². The number of hydrogen-bond acceptors (Lipinski definition) is 4. The van der Waals surface area contributed by atoms with Crippen LogP contribution in [0.2, 0.25) is 0 Å². The molecule has 5 heteroatoms. The van der Waals surface area contributed by atoms with E-state index in [2.05, 4.69) is 10.6 Å². The lowest BCUT2D eigenvalue weighted by molar-refractivity contribution is 0.0510. The van der Waals surface area contributed by atoms with Gasteiger partial charge in [-0.1, -0.05) is 25.7 Å². The zero-order valence-electron chi connectivity index (χ0n) is 15.2. The number of carbonyl (C=O) groups is 1. The van der Waals surface area contributed by atoms with Crippen LogP contribution in [0, 0.1) is 5.92 Å². The van der Waals surface area contributed by atoms with Crippen molar-refractivity contribution in [2.45, 2.75) is 83.8 Å². The lowest BCUT2D eigenvalue weighted by atomic mass is 9.84. The molecule has 2 atom stereocenters. The maximum absolute atomic E-state index is 11.8. The summed E-state index contributed by atoms with van der Waals surface area (Å²) in [5, 5.41) is 15.4. The molecule has 1 aliphatic carbocycles. The van der Waals surface area contributed by atoms with Gasteiger partial charge < -0.3 is 20.5 Å². The van der Waals surface area contributed by atoms with Crippen molar-refractivity contribution in [2.75, 3.05) is 19.7 Å². The van der Waals surface area contributed by atoms with Crippen molar-refractivity contribution in [1.29, 1.82) is 0 Å². The van der Waals surface area contributed by atoms with Gasteiger partial charge in [0.1, 0.15) is 5.60 Å². The van der Waals surface area contributed by atoms with Crippen LogP contribution in [0.15, 0.2) is 0 Å². The van der Waals surface area contributed by atoms with E-state index < -0.39 is 5.60 Å². The number of aliphatic hydroxyl groups is 1. The van der Waals surface area contributed by atoms with E-state index in [0.29, 0.717) is 25.1 Å². The Morgan fingerprint density at radius 3 is 2.52 bits per heavy atom. The Labute approximate surface area is 141 Å². The van der Waals surface area contributed by atoms with Crippen LogP contribution in [0.4, 0.5) is 4.79 Å². The summed E-state index contributed by atoms with van der Waals surface area (Å²) in [6.07, 6.45) is 8.89. The molecule has 5 nitrogen and oxygen atoms in total. The first-order valence-electron chi connectivity index (χ1n) is 9.23. The summed E-state index contributed by atoms with van der Waals surface area (Å²) in [5.41, 5.74) is -0.442. The summed E-state index contributed by atoms with van der Waals surface area (Å²) >= 11 is 0. The predicted molar refractivity (Wildman–Crippen MR) is 93.5 cm³/mol. The SMILES string of the molecule is CC(C)(C)OC(=O)NCC1CCCCC1NCCCCCCO. The molecular formula is C18H36N2O3. The quantitative estimate of drug-likeness (QED) is 0.568. The molecule has 0 aromatic rings. The maximum atomic E-state index is 11.8. The Morgan fingerprint density at radius 2 is 1.83 bits per heavy atom. The number of nitrogens with one attached hydrogen (secondary N) is 2. The molecule has 0 bridgehead atoms. The molecule has 1 fully saturated rings. The molecular weight excluding hydrogens is 292 g/mol. The molecule has 2 unspecified atom stereocenters. The first kappa shape index (κ1) is 20.2. The number of unbranched alkanes of at least 4 members (excludes halogenated alkanes) is 3. The van der Waals surface area contributed by atoms with E-state index in [0.717, 1.165) is 32.2 Å². The first-order chi connectivity index (χ1) is 10.9. The normalized spacial score (nSPS) is 21.9. The van der Waals surface area contributed by atoms with Crippen molar-refractivity contribution in [3.8, 4) is 0 Å². The lowest BCUT2D eigenvalue weighted by Gasteiger charge is -2.33. The smallest absolute Gasteiger partial charge is 0.407 e. The molecule has 3 N–H and O–H groups in total. The fourth-order valence-electron chi connectivity index (χ4n) is 3.13. The van der Waals surface area contributed by atoms with Crippen LogP contribution in [0.1, 0.15) is 72.1 Å². The fourth-order valence-corrected chi connectivity index (χ4v) is 3.13. The second-order valence-electron chi connectivity index (χ2n) is 7.63. The average Bonchev–Trinajstić information content (AvgIpc) is 2.48. The Bertz CT molecular complexity index is 329. The van der Waals surface area contributed by atoms with Crippen molar-refractivity contribution >= 4 is 6.09 Å². The van der Waals surface area contributed by atoms with Gasteiger partial charge in [-0.05, 0) is 58.9 Å². The number of hydrogen-bond donors (Lipinski definition) is 3. The minimum Gasteiger partial charge on any atom is -0.444 e. The molecule has 1 saturated carbocycles. The number of alkyl carbamates (subject to hydrolysis) is 1. The van der Waals surface area contributed by atoms with Crippen LogP contribution < -0.4 is 10.6 Å². The Balaban J connectivity index is 2.24. The average molecular weight is 328 g/mol. The summed E-state index contributed by atoms with van der Waals surface area (Å²) in [6.45, 7) is 7.67. The van der Waals surface area contributed by atoms with Gasteiger partial charge in [0.15, 0.2) is 0 Å². The van der Waals surface area contributed by atoms with E-state index in [1.165, 1.54) is 25.7 Å². The van der Waals surface area contributed by atoms with E-state index in [1.54, 1.807) is 0 Å². The van der Waals surface area contributed by atoms with Gasteiger partial charge in [0.2, 0.25) is 0 Å². The maximum Gasteiger partial charge on any atom is 0.407 e. The van der Waals surface area contributed by atoms with Crippen LogP contribution in [0.5, 0.6) is 0 Å². The monoisotopic (exact) mass is 328 g/mol. The van der Waals surface area contributed by atoms with Crippen molar-refractivity contribution in [2.24, 2.45) is 5.92 Å². The molecule has 0 aliphatic heterocycles. The summed E-state index contributed by atoms with van der Waals surface area (Å²) in [6, 6.07) is 0.497. The van der Waals surface area contributed by atoms with Gasteiger partial charge in [0.25, 0.3) is 0 Å². The van der Waals surface area contributed by atoms with Crippen LogP contribution in [0.25, 0.3) is 0 Å². The van der Waals surface area contributed by atoms with Crippen LogP contribution in [-0.4, -0.2) is 42.5 Å². The number of aliphatic hydroxyl groups excluding tert-OH is 1. The van der Waals surface area contributed by atoms with E-state index in [9.17, 15) is 4.79 Å². The van der Waals surface area contributed by atoms with Crippen molar-refractivity contribution in [3.05, 3.63) is 0 Å². The minimum atomic E-state index is -0.442. The highest BCUT2D eigenvalue weighted by Crippen LogP contribution is 2.24. The third-order valence-corrected chi connectivity index (χ3v) is 4.31.